The van der Waals surface area contributed by atoms with Gasteiger partial charge in [0.05, 0.1) is 16.4 Å². The van der Waals surface area contributed by atoms with Gasteiger partial charge in [0.25, 0.3) is 5.56 Å². The summed E-state index contributed by atoms with van der Waals surface area (Å²) >= 11 is 6.05. The van der Waals surface area contributed by atoms with Gasteiger partial charge in [-0.05, 0) is 19.9 Å². The van der Waals surface area contributed by atoms with Gasteiger partial charge in [0.2, 0.25) is 5.91 Å². The number of rotatable bonds is 3. The van der Waals surface area contributed by atoms with E-state index in [1.165, 1.54) is 16.8 Å². The van der Waals surface area contributed by atoms with Gasteiger partial charge in [-0.3, -0.25) is 9.59 Å². The first kappa shape index (κ1) is 13.3. The molecule has 0 radical (unpaired) electrons. The van der Waals surface area contributed by atoms with Gasteiger partial charge in [-0.2, -0.15) is 5.10 Å². The van der Waals surface area contributed by atoms with Crippen molar-refractivity contribution in [2.24, 2.45) is 5.73 Å². The summed E-state index contributed by atoms with van der Waals surface area (Å²) in [5.41, 5.74) is 6.02. The third kappa shape index (κ3) is 2.50. The molecule has 2 aromatic heterocycles. The predicted octanol–water partition coefficient (Wildman–Crippen LogP) is 0.185. The fraction of sp³-hybridized carbons (Fsp3) is 0.273. The molecule has 2 rings (SSSR count). The van der Waals surface area contributed by atoms with Crippen LogP contribution in [0.4, 0.5) is 0 Å². The molecule has 0 aromatic carbocycles. The molecule has 0 bridgehead atoms. The molecule has 19 heavy (non-hydrogen) atoms. The zero-order valence-electron chi connectivity index (χ0n) is 10.4. The standard InChI is InChI=1S/C11H12ClN5O2/c1-6-11(12)7(2)17(14-6)9-3-4-10(19)16(15-9)5-8(13)18/h3-4H,5H2,1-2H3,(H2,13,18). The Balaban J connectivity index is 2.54. The first-order valence-electron chi connectivity index (χ1n) is 5.48. The van der Waals surface area contributed by atoms with E-state index in [0.29, 0.717) is 22.2 Å². The molecule has 1 amide bonds. The largest absolute Gasteiger partial charge is 0.368 e. The highest BCUT2D eigenvalue weighted by Gasteiger charge is 2.13. The Morgan fingerprint density at radius 3 is 2.58 bits per heavy atom. The van der Waals surface area contributed by atoms with E-state index < -0.39 is 11.5 Å². The smallest absolute Gasteiger partial charge is 0.267 e. The Bertz CT molecular complexity index is 704. The van der Waals surface area contributed by atoms with Crippen molar-refractivity contribution in [1.82, 2.24) is 19.6 Å². The van der Waals surface area contributed by atoms with E-state index in [-0.39, 0.29) is 6.54 Å². The maximum absolute atomic E-state index is 11.5. The Morgan fingerprint density at radius 2 is 2.05 bits per heavy atom. The minimum absolute atomic E-state index is 0.278. The number of aryl methyl sites for hydroxylation is 1. The van der Waals surface area contributed by atoms with E-state index >= 15 is 0 Å². The molecule has 2 heterocycles. The van der Waals surface area contributed by atoms with Crippen LogP contribution in [0.5, 0.6) is 0 Å². The summed E-state index contributed by atoms with van der Waals surface area (Å²) in [7, 11) is 0. The molecule has 0 atom stereocenters. The second-order valence-electron chi connectivity index (χ2n) is 4.05. The second kappa shape index (κ2) is 4.85. The molecule has 0 aliphatic rings. The van der Waals surface area contributed by atoms with Crippen molar-refractivity contribution in [1.29, 1.82) is 0 Å². The fourth-order valence-corrected chi connectivity index (χ4v) is 1.78. The van der Waals surface area contributed by atoms with Crippen molar-refractivity contribution < 1.29 is 4.79 Å². The zero-order valence-corrected chi connectivity index (χ0v) is 11.2. The fourth-order valence-electron chi connectivity index (χ4n) is 1.66. The van der Waals surface area contributed by atoms with Gasteiger partial charge < -0.3 is 5.73 Å². The van der Waals surface area contributed by atoms with E-state index in [1.807, 2.05) is 0 Å². The average Bonchev–Trinajstić information content (AvgIpc) is 2.59. The van der Waals surface area contributed by atoms with Crippen LogP contribution in [-0.2, 0) is 11.3 Å². The third-order valence-corrected chi connectivity index (χ3v) is 3.13. The number of carbonyl (C=O) groups is 1. The van der Waals surface area contributed by atoms with Crippen molar-refractivity contribution in [2.75, 3.05) is 0 Å². The van der Waals surface area contributed by atoms with Crippen LogP contribution in [0, 0.1) is 13.8 Å². The molecule has 8 heteroatoms. The highest BCUT2D eigenvalue weighted by atomic mass is 35.5. The van der Waals surface area contributed by atoms with Gasteiger partial charge in [0.1, 0.15) is 6.54 Å². The molecule has 0 unspecified atom stereocenters. The van der Waals surface area contributed by atoms with Gasteiger partial charge >= 0.3 is 0 Å². The number of primary amides is 1. The molecular formula is C11H12ClN5O2. The van der Waals surface area contributed by atoms with Gasteiger partial charge in [-0.25, -0.2) is 9.36 Å². The normalized spacial score (nSPS) is 10.7. The van der Waals surface area contributed by atoms with E-state index in [9.17, 15) is 9.59 Å². The van der Waals surface area contributed by atoms with Crippen LogP contribution in [0.25, 0.3) is 5.82 Å². The number of carbonyl (C=O) groups excluding carboxylic acids is 1. The summed E-state index contributed by atoms with van der Waals surface area (Å²) < 4.78 is 2.50. The number of nitrogens with two attached hydrogens (primary N) is 1. The average molecular weight is 282 g/mol. The number of halogens is 1. The summed E-state index contributed by atoms with van der Waals surface area (Å²) in [6, 6.07) is 2.81. The number of amides is 1. The summed E-state index contributed by atoms with van der Waals surface area (Å²) in [6.45, 7) is 3.28. The van der Waals surface area contributed by atoms with Gasteiger partial charge in [0, 0.05) is 6.07 Å². The van der Waals surface area contributed by atoms with E-state index in [4.69, 9.17) is 17.3 Å². The molecule has 0 aliphatic heterocycles. The maximum atomic E-state index is 11.5. The Hall–Kier alpha value is -2.15. The maximum Gasteiger partial charge on any atom is 0.267 e. The molecule has 0 saturated heterocycles. The van der Waals surface area contributed by atoms with Crippen LogP contribution in [-0.4, -0.2) is 25.5 Å². The minimum atomic E-state index is -0.641. The lowest BCUT2D eigenvalue weighted by molar-refractivity contribution is -0.118. The van der Waals surface area contributed by atoms with Crippen LogP contribution in [0.15, 0.2) is 16.9 Å². The van der Waals surface area contributed by atoms with Crippen LogP contribution >= 0.6 is 11.6 Å². The molecule has 0 spiro atoms. The monoisotopic (exact) mass is 281 g/mol. The van der Waals surface area contributed by atoms with Crippen LogP contribution in [0.2, 0.25) is 5.02 Å². The van der Waals surface area contributed by atoms with Crippen molar-refractivity contribution in [3.63, 3.8) is 0 Å². The Morgan fingerprint density at radius 1 is 1.37 bits per heavy atom. The van der Waals surface area contributed by atoms with E-state index in [1.54, 1.807) is 13.8 Å². The van der Waals surface area contributed by atoms with Crippen molar-refractivity contribution in [2.45, 2.75) is 20.4 Å². The zero-order chi connectivity index (χ0) is 14.2. The van der Waals surface area contributed by atoms with Crippen molar-refractivity contribution in [3.05, 3.63) is 38.9 Å². The quantitative estimate of drug-likeness (QED) is 0.868. The molecule has 0 fully saturated rings. The van der Waals surface area contributed by atoms with E-state index in [0.717, 1.165) is 4.68 Å². The lowest BCUT2D eigenvalue weighted by Gasteiger charge is -2.06. The highest BCUT2D eigenvalue weighted by molar-refractivity contribution is 6.31. The Labute approximate surface area is 113 Å². The summed E-state index contributed by atoms with van der Waals surface area (Å²) in [5.74, 6) is -0.244. The van der Waals surface area contributed by atoms with Gasteiger partial charge in [-0.15, -0.1) is 5.10 Å². The summed E-state index contributed by atoms with van der Waals surface area (Å²) in [5, 5.41) is 8.80. The van der Waals surface area contributed by atoms with Crippen LogP contribution in [0.1, 0.15) is 11.4 Å². The van der Waals surface area contributed by atoms with E-state index in [2.05, 4.69) is 10.2 Å². The number of nitrogens with zero attached hydrogens (tertiary/aromatic N) is 4. The summed E-state index contributed by atoms with van der Waals surface area (Å²) in [4.78, 5) is 22.4. The van der Waals surface area contributed by atoms with Crippen molar-refractivity contribution in [3.8, 4) is 5.82 Å². The molecular weight excluding hydrogens is 270 g/mol. The minimum Gasteiger partial charge on any atom is -0.368 e. The number of aromatic nitrogens is 4. The molecule has 0 saturated carbocycles. The molecule has 2 N–H and O–H groups in total. The first-order valence-corrected chi connectivity index (χ1v) is 5.86. The number of hydrogen-bond acceptors (Lipinski definition) is 4. The Kier molecular flexibility index (Phi) is 3.39. The predicted molar refractivity (Wildman–Crippen MR) is 69.3 cm³/mol. The van der Waals surface area contributed by atoms with Crippen molar-refractivity contribution >= 4 is 17.5 Å². The lowest BCUT2D eigenvalue weighted by atomic mass is 10.4. The first-order chi connectivity index (χ1) is 8.90. The third-order valence-electron chi connectivity index (χ3n) is 2.58. The van der Waals surface area contributed by atoms with Gasteiger partial charge in [-0.1, -0.05) is 11.6 Å². The second-order valence-corrected chi connectivity index (χ2v) is 4.43. The highest BCUT2D eigenvalue weighted by Crippen LogP contribution is 2.20. The topological polar surface area (TPSA) is 95.8 Å². The molecule has 0 aliphatic carbocycles. The molecule has 7 nitrogen and oxygen atoms in total. The van der Waals surface area contributed by atoms with Crippen LogP contribution < -0.4 is 11.3 Å². The molecule has 100 valence electrons. The SMILES string of the molecule is Cc1nn(-c2ccc(=O)n(CC(N)=O)n2)c(C)c1Cl. The lowest BCUT2D eigenvalue weighted by Crippen LogP contribution is -2.30. The number of hydrogen-bond donors (Lipinski definition) is 1. The van der Waals surface area contributed by atoms with Gasteiger partial charge in [0.15, 0.2) is 5.82 Å². The molecule has 2 aromatic rings. The van der Waals surface area contributed by atoms with Crippen LogP contribution in [0.3, 0.4) is 0 Å². The summed E-state index contributed by atoms with van der Waals surface area (Å²) in [6.07, 6.45) is 0.